The van der Waals surface area contributed by atoms with Crippen LogP contribution >= 0.6 is 11.8 Å². The molecule has 0 rings (SSSR count). The molecule has 0 radical (unpaired) electrons. The standard InChI is InChI=1S/C10H21NOS/c1-5-9(2)6-11-7-10(3,12)8-13-4/h11-12H,2,5-8H2,1,3-4H3. The highest BCUT2D eigenvalue weighted by Crippen LogP contribution is 2.09. The van der Waals surface area contributed by atoms with Crippen LogP contribution in [0.15, 0.2) is 12.2 Å². The van der Waals surface area contributed by atoms with Crippen LogP contribution in [0.25, 0.3) is 0 Å². The zero-order valence-electron chi connectivity index (χ0n) is 8.89. The lowest BCUT2D eigenvalue weighted by atomic mass is 10.1. The number of hydrogen-bond donors (Lipinski definition) is 2. The Hall–Kier alpha value is 0.0100. The summed E-state index contributed by atoms with van der Waals surface area (Å²) in [5.41, 5.74) is 0.577. The minimum Gasteiger partial charge on any atom is -0.388 e. The summed E-state index contributed by atoms with van der Waals surface area (Å²) in [4.78, 5) is 0. The topological polar surface area (TPSA) is 32.3 Å². The van der Waals surface area contributed by atoms with Crippen molar-refractivity contribution in [1.82, 2.24) is 5.32 Å². The van der Waals surface area contributed by atoms with Crippen molar-refractivity contribution >= 4 is 11.8 Å². The van der Waals surface area contributed by atoms with Crippen LogP contribution in [0.3, 0.4) is 0 Å². The van der Waals surface area contributed by atoms with E-state index in [1.165, 1.54) is 5.57 Å². The van der Waals surface area contributed by atoms with Crippen molar-refractivity contribution in [3.8, 4) is 0 Å². The molecule has 1 atom stereocenters. The second-order valence-electron chi connectivity index (χ2n) is 3.64. The van der Waals surface area contributed by atoms with Crippen LogP contribution < -0.4 is 5.32 Å². The maximum atomic E-state index is 9.79. The molecule has 0 saturated heterocycles. The first kappa shape index (κ1) is 13.0. The van der Waals surface area contributed by atoms with Gasteiger partial charge in [-0.15, -0.1) is 0 Å². The van der Waals surface area contributed by atoms with Gasteiger partial charge in [-0.25, -0.2) is 0 Å². The van der Waals surface area contributed by atoms with E-state index in [4.69, 9.17) is 0 Å². The molecule has 0 amide bonds. The summed E-state index contributed by atoms with van der Waals surface area (Å²) >= 11 is 1.66. The molecular weight excluding hydrogens is 182 g/mol. The third kappa shape index (κ3) is 7.11. The molecule has 0 aromatic heterocycles. The lowest BCUT2D eigenvalue weighted by molar-refractivity contribution is 0.0858. The largest absolute Gasteiger partial charge is 0.388 e. The predicted molar refractivity (Wildman–Crippen MR) is 61.3 cm³/mol. The van der Waals surface area contributed by atoms with Crippen LogP contribution in [-0.4, -0.2) is 35.8 Å². The summed E-state index contributed by atoms with van der Waals surface area (Å²) in [6.07, 6.45) is 3.00. The van der Waals surface area contributed by atoms with Crippen molar-refractivity contribution in [2.75, 3.05) is 25.1 Å². The van der Waals surface area contributed by atoms with Gasteiger partial charge >= 0.3 is 0 Å². The molecule has 0 bridgehead atoms. The molecule has 0 aliphatic heterocycles. The van der Waals surface area contributed by atoms with Gasteiger partial charge in [0.1, 0.15) is 0 Å². The van der Waals surface area contributed by atoms with E-state index in [-0.39, 0.29) is 0 Å². The molecule has 0 fully saturated rings. The molecule has 13 heavy (non-hydrogen) atoms. The fraction of sp³-hybridized carbons (Fsp3) is 0.800. The first-order valence-corrected chi connectivity index (χ1v) is 6.00. The van der Waals surface area contributed by atoms with Crippen molar-refractivity contribution in [2.45, 2.75) is 25.9 Å². The fourth-order valence-electron chi connectivity index (χ4n) is 0.996. The van der Waals surface area contributed by atoms with E-state index in [0.29, 0.717) is 6.54 Å². The third-order valence-corrected chi connectivity index (χ3v) is 2.75. The maximum Gasteiger partial charge on any atom is 0.0833 e. The van der Waals surface area contributed by atoms with Crippen molar-refractivity contribution in [3.05, 3.63) is 12.2 Å². The van der Waals surface area contributed by atoms with Crippen molar-refractivity contribution in [2.24, 2.45) is 0 Å². The Kier molecular flexibility index (Phi) is 6.47. The highest BCUT2D eigenvalue weighted by molar-refractivity contribution is 7.98. The Balaban J connectivity index is 3.56. The van der Waals surface area contributed by atoms with Gasteiger partial charge in [0.05, 0.1) is 5.60 Å². The van der Waals surface area contributed by atoms with Crippen LogP contribution in [0.1, 0.15) is 20.3 Å². The van der Waals surface area contributed by atoms with Crippen molar-refractivity contribution in [3.63, 3.8) is 0 Å². The van der Waals surface area contributed by atoms with Gasteiger partial charge in [-0.3, -0.25) is 0 Å². The molecule has 0 aliphatic carbocycles. The molecule has 0 aromatic carbocycles. The highest BCUT2D eigenvalue weighted by Gasteiger charge is 2.18. The number of nitrogens with one attached hydrogen (secondary N) is 1. The van der Waals surface area contributed by atoms with E-state index >= 15 is 0 Å². The zero-order chi connectivity index (χ0) is 10.3. The summed E-state index contributed by atoms with van der Waals surface area (Å²) in [7, 11) is 0. The molecule has 2 nitrogen and oxygen atoms in total. The van der Waals surface area contributed by atoms with Crippen LogP contribution in [0.2, 0.25) is 0 Å². The summed E-state index contributed by atoms with van der Waals surface area (Å²) in [5.74, 6) is 0.763. The summed E-state index contributed by atoms with van der Waals surface area (Å²) in [5, 5.41) is 13.0. The molecule has 0 heterocycles. The van der Waals surface area contributed by atoms with E-state index in [9.17, 15) is 5.11 Å². The Morgan fingerprint density at radius 3 is 2.69 bits per heavy atom. The molecule has 0 saturated carbocycles. The number of aliphatic hydroxyl groups is 1. The van der Waals surface area contributed by atoms with Crippen LogP contribution in [0.4, 0.5) is 0 Å². The number of hydrogen-bond acceptors (Lipinski definition) is 3. The van der Waals surface area contributed by atoms with Gasteiger partial charge in [0, 0.05) is 18.8 Å². The minimum absolute atomic E-state index is 0.604. The Labute approximate surface area is 85.8 Å². The third-order valence-electron chi connectivity index (χ3n) is 1.84. The van der Waals surface area contributed by atoms with Crippen molar-refractivity contribution in [1.29, 1.82) is 0 Å². The smallest absolute Gasteiger partial charge is 0.0833 e. The van der Waals surface area contributed by atoms with Crippen molar-refractivity contribution < 1.29 is 5.11 Å². The van der Waals surface area contributed by atoms with Gasteiger partial charge in [-0.05, 0) is 19.6 Å². The normalized spacial score (nSPS) is 15.4. The Morgan fingerprint density at radius 1 is 1.62 bits per heavy atom. The first-order valence-electron chi connectivity index (χ1n) is 4.60. The monoisotopic (exact) mass is 203 g/mol. The summed E-state index contributed by atoms with van der Waals surface area (Å²) in [6.45, 7) is 9.27. The summed E-state index contributed by atoms with van der Waals surface area (Å²) in [6, 6.07) is 0. The first-order chi connectivity index (χ1) is 6.02. The van der Waals surface area contributed by atoms with Gasteiger partial charge in [0.2, 0.25) is 0 Å². The average molecular weight is 203 g/mol. The second kappa shape index (κ2) is 6.46. The van der Waals surface area contributed by atoms with E-state index < -0.39 is 5.60 Å². The maximum absolute atomic E-state index is 9.79. The van der Waals surface area contributed by atoms with E-state index in [2.05, 4.69) is 18.8 Å². The van der Waals surface area contributed by atoms with Crippen LogP contribution in [0.5, 0.6) is 0 Å². The predicted octanol–water partition coefficient (Wildman–Crippen LogP) is 1.66. The molecule has 0 aliphatic rings. The van der Waals surface area contributed by atoms with Gasteiger partial charge in [0.15, 0.2) is 0 Å². The average Bonchev–Trinajstić information content (AvgIpc) is 2.03. The summed E-state index contributed by atoms with van der Waals surface area (Å²) < 4.78 is 0. The van der Waals surface area contributed by atoms with Gasteiger partial charge in [0.25, 0.3) is 0 Å². The molecule has 1 unspecified atom stereocenters. The fourth-order valence-corrected chi connectivity index (χ4v) is 1.72. The van der Waals surface area contributed by atoms with Gasteiger partial charge < -0.3 is 10.4 Å². The number of rotatable bonds is 7. The lowest BCUT2D eigenvalue weighted by Gasteiger charge is -2.22. The molecule has 78 valence electrons. The van der Waals surface area contributed by atoms with Gasteiger partial charge in [-0.2, -0.15) is 11.8 Å². The Morgan fingerprint density at radius 2 is 2.23 bits per heavy atom. The second-order valence-corrected chi connectivity index (χ2v) is 4.50. The molecule has 0 aromatic rings. The van der Waals surface area contributed by atoms with E-state index in [1.807, 2.05) is 13.2 Å². The zero-order valence-corrected chi connectivity index (χ0v) is 9.71. The molecule has 0 spiro atoms. The molecule has 3 heteroatoms. The van der Waals surface area contributed by atoms with E-state index in [0.717, 1.165) is 18.7 Å². The van der Waals surface area contributed by atoms with Gasteiger partial charge in [-0.1, -0.05) is 19.1 Å². The number of thioether (sulfide) groups is 1. The Bertz CT molecular complexity index is 157. The minimum atomic E-state index is -0.604. The molecular formula is C10H21NOS. The SMILES string of the molecule is C=C(CC)CNCC(C)(O)CSC. The molecule has 2 N–H and O–H groups in total. The van der Waals surface area contributed by atoms with Crippen LogP contribution in [0, 0.1) is 0 Å². The lowest BCUT2D eigenvalue weighted by Crippen LogP contribution is -2.40. The van der Waals surface area contributed by atoms with E-state index in [1.54, 1.807) is 11.8 Å². The van der Waals surface area contributed by atoms with Crippen LogP contribution in [-0.2, 0) is 0 Å². The quantitative estimate of drug-likeness (QED) is 0.617. The highest BCUT2D eigenvalue weighted by atomic mass is 32.2.